The van der Waals surface area contributed by atoms with Gasteiger partial charge in [-0.05, 0) is 31.5 Å². The van der Waals surface area contributed by atoms with Gasteiger partial charge in [-0.25, -0.2) is 4.99 Å². The smallest absolute Gasteiger partial charge is 0.194 e. The summed E-state index contributed by atoms with van der Waals surface area (Å²) in [7, 11) is 5.65. The Kier molecular flexibility index (Phi) is 8.67. The summed E-state index contributed by atoms with van der Waals surface area (Å²) < 4.78 is 7.15. The fourth-order valence-electron chi connectivity index (χ4n) is 2.28. The summed E-state index contributed by atoms with van der Waals surface area (Å²) >= 11 is 0. The van der Waals surface area contributed by atoms with E-state index in [0.717, 1.165) is 36.4 Å². The van der Waals surface area contributed by atoms with E-state index in [9.17, 15) is 0 Å². The number of nitrogens with zero attached hydrogens (tertiary/aromatic N) is 5. The summed E-state index contributed by atoms with van der Waals surface area (Å²) in [4.78, 5) is 6.76. The van der Waals surface area contributed by atoms with Gasteiger partial charge in [0.25, 0.3) is 0 Å². The lowest BCUT2D eigenvalue weighted by molar-refractivity contribution is 0.414. The van der Waals surface area contributed by atoms with Crippen LogP contribution in [0.3, 0.4) is 0 Å². The molecule has 1 aromatic carbocycles. The minimum atomic E-state index is 0. The predicted octanol–water partition coefficient (Wildman–Crippen LogP) is 2.35. The molecule has 8 heteroatoms. The number of nitrogens with one attached hydrogen (secondary N) is 1. The second kappa shape index (κ2) is 10.2. The highest BCUT2D eigenvalue weighted by atomic mass is 127. The Bertz CT molecular complexity index is 683. The second-order valence-electron chi connectivity index (χ2n) is 5.60. The molecule has 0 unspecified atom stereocenters. The van der Waals surface area contributed by atoms with Gasteiger partial charge in [0.2, 0.25) is 0 Å². The zero-order valence-corrected chi connectivity index (χ0v) is 17.8. The molecule has 0 spiro atoms. The highest BCUT2D eigenvalue weighted by Crippen LogP contribution is 2.12. The molecular formula is C17H27IN6O. The minimum absolute atomic E-state index is 0. The Morgan fingerprint density at radius 2 is 1.96 bits per heavy atom. The lowest BCUT2D eigenvalue weighted by Crippen LogP contribution is -2.38. The number of aromatic nitrogens is 3. The molecule has 0 aliphatic rings. The number of ether oxygens (including phenoxy) is 1. The van der Waals surface area contributed by atoms with Crippen LogP contribution in [-0.2, 0) is 20.1 Å². The van der Waals surface area contributed by atoms with Crippen molar-refractivity contribution in [2.24, 2.45) is 12.0 Å². The summed E-state index contributed by atoms with van der Waals surface area (Å²) in [6, 6.07) is 8.06. The largest absolute Gasteiger partial charge is 0.497 e. The number of methoxy groups -OCH3 is 1. The van der Waals surface area contributed by atoms with Gasteiger partial charge in [-0.15, -0.1) is 34.2 Å². The van der Waals surface area contributed by atoms with Crippen LogP contribution in [0.25, 0.3) is 0 Å². The van der Waals surface area contributed by atoms with Crippen molar-refractivity contribution in [2.45, 2.75) is 26.9 Å². The molecule has 0 radical (unpaired) electrons. The van der Waals surface area contributed by atoms with Crippen molar-refractivity contribution in [3.8, 4) is 5.75 Å². The Balaban J connectivity index is 0.00000312. The average molecular weight is 458 g/mol. The maximum absolute atomic E-state index is 5.20. The Morgan fingerprint density at radius 3 is 2.48 bits per heavy atom. The van der Waals surface area contributed by atoms with Gasteiger partial charge in [-0.2, -0.15) is 0 Å². The first-order valence-electron chi connectivity index (χ1n) is 8.02. The first-order chi connectivity index (χ1) is 11.5. The van der Waals surface area contributed by atoms with E-state index in [4.69, 9.17) is 4.74 Å². The highest BCUT2D eigenvalue weighted by Gasteiger charge is 2.09. The van der Waals surface area contributed by atoms with Gasteiger partial charge in [0.1, 0.15) is 18.1 Å². The van der Waals surface area contributed by atoms with Crippen molar-refractivity contribution in [2.75, 3.05) is 20.7 Å². The highest BCUT2D eigenvalue weighted by molar-refractivity contribution is 14.0. The van der Waals surface area contributed by atoms with Crippen molar-refractivity contribution < 1.29 is 4.74 Å². The third kappa shape index (κ3) is 5.87. The summed E-state index contributed by atoms with van der Waals surface area (Å²) in [6.45, 7) is 6.05. The molecule has 1 heterocycles. The van der Waals surface area contributed by atoms with Gasteiger partial charge < -0.3 is 19.5 Å². The van der Waals surface area contributed by atoms with Gasteiger partial charge >= 0.3 is 0 Å². The van der Waals surface area contributed by atoms with E-state index in [1.165, 1.54) is 5.56 Å². The fraction of sp³-hybridized carbons (Fsp3) is 0.471. The van der Waals surface area contributed by atoms with Crippen LogP contribution in [-0.4, -0.2) is 46.3 Å². The topological polar surface area (TPSA) is 67.6 Å². The first kappa shape index (κ1) is 21.2. The Labute approximate surface area is 166 Å². The lowest BCUT2D eigenvalue weighted by Gasteiger charge is -2.22. The summed E-state index contributed by atoms with van der Waals surface area (Å²) in [5.74, 6) is 3.44. The van der Waals surface area contributed by atoms with Crippen molar-refractivity contribution in [3.63, 3.8) is 0 Å². The second-order valence-corrected chi connectivity index (χ2v) is 5.60. The molecule has 138 valence electrons. The van der Waals surface area contributed by atoms with Crippen LogP contribution >= 0.6 is 24.0 Å². The van der Waals surface area contributed by atoms with E-state index < -0.39 is 0 Å². The summed E-state index contributed by atoms with van der Waals surface area (Å²) in [6.07, 6.45) is 0. The monoisotopic (exact) mass is 458 g/mol. The molecule has 0 bridgehead atoms. The van der Waals surface area contributed by atoms with Crippen LogP contribution in [0.1, 0.15) is 24.1 Å². The van der Waals surface area contributed by atoms with Crippen LogP contribution in [0.5, 0.6) is 5.75 Å². The van der Waals surface area contributed by atoms with Crippen LogP contribution < -0.4 is 10.1 Å². The number of aryl methyl sites for hydroxylation is 1. The molecule has 0 amide bonds. The number of rotatable bonds is 6. The number of hydrogen-bond donors (Lipinski definition) is 1. The zero-order valence-electron chi connectivity index (χ0n) is 15.5. The molecule has 0 saturated heterocycles. The number of aliphatic imine (C=N–C) groups is 1. The molecule has 0 fully saturated rings. The Morgan fingerprint density at radius 1 is 1.28 bits per heavy atom. The number of benzene rings is 1. The van der Waals surface area contributed by atoms with E-state index in [0.29, 0.717) is 6.54 Å². The fourth-order valence-corrected chi connectivity index (χ4v) is 2.28. The van der Waals surface area contributed by atoms with Gasteiger partial charge in [-0.3, -0.25) is 0 Å². The van der Waals surface area contributed by atoms with E-state index in [1.807, 2.05) is 37.7 Å². The van der Waals surface area contributed by atoms with Crippen molar-refractivity contribution >= 4 is 29.9 Å². The molecule has 2 rings (SSSR count). The molecule has 1 N–H and O–H groups in total. The van der Waals surface area contributed by atoms with Gasteiger partial charge in [-0.1, -0.05) is 12.1 Å². The maximum atomic E-state index is 5.20. The van der Waals surface area contributed by atoms with Gasteiger partial charge in [0, 0.05) is 27.2 Å². The van der Waals surface area contributed by atoms with Crippen LogP contribution in [0.4, 0.5) is 0 Å². The van der Waals surface area contributed by atoms with Crippen molar-refractivity contribution in [3.05, 3.63) is 41.5 Å². The van der Waals surface area contributed by atoms with E-state index in [1.54, 1.807) is 7.11 Å². The molecular weight excluding hydrogens is 431 g/mol. The average Bonchev–Trinajstić information content (AvgIpc) is 2.91. The normalized spacial score (nSPS) is 11.0. The molecule has 0 atom stereocenters. The number of halogens is 1. The van der Waals surface area contributed by atoms with Crippen molar-refractivity contribution in [1.29, 1.82) is 0 Å². The Hall–Kier alpha value is -1.84. The molecule has 7 nitrogen and oxygen atoms in total. The van der Waals surface area contributed by atoms with E-state index >= 15 is 0 Å². The summed E-state index contributed by atoms with van der Waals surface area (Å²) in [5, 5.41) is 11.5. The quantitative estimate of drug-likeness (QED) is 0.409. The third-order valence-corrected chi connectivity index (χ3v) is 3.83. The summed E-state index contributed by atoms with van der Waals surface area (Å²) in [5.41, 5.74) is 1.19. The van der Waals surface area contributed by atoms with Gasteiger partial charge in [0.15, 0.2) is 11.8 Å². The molecule has 0 saturated carbocycles. The predicted molar refractivity (Wildman–Crippen MR) is 110 cm³/mol. The van der Waals surface area contributed by atoms with Crippen LogP contribution in [0.2, 0.25) is 0 Å². The molecule has 1 aromatic heterocycles. The minimum Gasteiger partial charge on any atom is -0.497 e. The van der Waals surface area contributed by atoms with E-state index in [-0.39, 0.29) is 24.0 Å². The zero-order chi connectivity index (χ0) is 17.5. The number of hydrogen-bond acceptors (Lipinski definition) is 4. The SMILES string of the molecule is CCNC(=NCc1nnc(C)n1C)N(C)Cc1ccc(OC)cc1.I. The third-order valence-electron chi connectivity index (χ3n) is 3.83. The first-order valence-corrected chi connectivity index (χ1v) is 8.02. The number of guanidine groups is 1. The van der Waals surface area contributed by atoms with Crippen LogP contribution in [0.15, 0.2) is 29.3 Å². The van der Waals surface area contributed by atoms with Gasteiger partial charge in [0.05, 0.1) is 7.11 Å². The molecule has 25 heavy (non-hydrogen) atoms. The lowest BCUT2D eigenvalue weighted by atomic mass is 10.2. The molecule has 2 aromatic rings. The van der Waals surface area contributed by atoms with Crippen molar-refractivity contribution in [1.82, 2.24) is 25.0 Å². The van der Waals surface area contributed by atoms with Crippen LogP contribution in [0, 0.1) is 6.92 Å². The molecule has 0 aliphatic heterocycles. The standard InChI is InChI=1S/C17H26N6O.HI/c1-6-18-17(19-11-16-21-20-13(2)23(16)4)22(3)12-14-7-9-15(24-5)10-8-14;/h7-10H,6,11-12H2,1-5H3,(H,18,19);1H. The maximum Gasteiger partial charge on any atom is 0.194 e. The molecule has 0 aliphatic carbocycles. The van der Waals surface area contributed by atoms with E-state index in [2.05, 4.69) is 44.5 Å².